The molecule has 0 aromatic carbocycles. The highest BCUT2D eigenvalue weighted by Gasteiger charge is 2.36. The molecule has 6 nitrogen and oxygen atoms in total. The summed E-state index contributed by atoms with van der Waals surface area (Å²) in [5.74, 6) is 3.01. The van der Waals surface area contributed by atoms with Crippen molar-refractivity contribution in [2.24, 2.45) is 23.7 Å². The van der Waals surface area contributed by atoms with E-state index in [0.29, 0.717) is 0 Å². The summed E-state index contributed by atoms with van der Waals surface area (Å²) in [5.41, 5.74) is -0.524. The maximum atomic E-state index is 9.55. The smallest absolute Gasteiger partial charge is 0.181 e. The molecule has 6 heteroatoms. The van der Waals surface area contributed by atoms with Crippen molar-refractivity contribution in [3.05, 3.63) is 0 Å². The highest BCUT2D eigenvalue weighted by Crippen LogP contribution is 2.39. The Morgan fingerprint density at radius 3 is 1.00 bits per heavy atom. The average molecular weight is 461 g/mol. The standard InChI is InChI=1S/2C13H26O3/c2*1-9(2)11-5-7-13(4,8-6-11)16-12(15)10(3)14/h2*9-12,14-15H,5-8H2,1-4H3. The van der Waals surface area contributed by atoms with E-state index in [-0.39, 0.29) is 11.2 Å². The lowest BCUT2D eigenvalue weighted by atomic mass is 9.75. The first-order valence-electron chi connectivity index (χ1n) is 12.8. The normalized spacial score (nSPS) is 35.1. The van der Waals surface area contributed by atoms with E-state index in [9.17, 15) is 20.4 Å². The lowest BCUT2D eigenvalue weighted by Gasteiger charge is -2.40. The molecule has 0 aliphatic heterocycles. The first-order valence-corrected chi connectivity index (χ1v) is 12.8. The van der Waals surface area contributed by atoms with E-state index in [0.717, 1.165) is 75.0 Å². The number of aliphatic hydroxyl groups excluding tert-OH is 4. The maximum Gasteiger partial charge on any atom is 0.181 e. The van der Waals surface area contributed by atoms with Crippen molar-refractivity contribution in [3.63, 3.8) is 0 Å². The molecule has 0 spiro atoms. The second-order valence-electron chi connectivity index (χ2n) is 11.6. The van der Waals surface area contributed by atoms with Gasteiger partial charge in [0.05, 0.1) is 11.2 Å². The van der Waals surface area contributed by atoms with E-state index in [1.54, 1.807) is 13.8 Å². The van der Waals surface area contributed by atoms with Gasteiger partial charge in [0.1, 0.15) is 12.2 Å². The van der Waals surface area contributed by atoms with Gasteiger partial charge in [-0.15, -0.1) is 0 Å². The highest BCUT2D eigenvalue weighted by molar-refractivity contribution is 4.86. The Morgan fingerprint density at radius 2 is 0.812 bits per heavy atom. The average Bonchev–Trinajstić information content (AvgIpc) is 2.68. The van der Waals surface area contributed by atoms with Crippen molar-refractivity contribution >= 4 is 0 Å². The molecule has 4 N–H and O–H groups in total. The van der Waals surface area contributed by atoms with E-state index in [1.165, 1.54) is 0 Å². The van der Waals surface area contributed by atoms with Crippen LogP contribution in [-0.2, 0) is 9.47 Å². The van der Waals surface area contributed by atoms with Crippen molar-refractivity contribution < 1.29 is 29.9 Å². The Balaban J connectivity index is 0.000000320. The second kappa shape index (κ2) is 13.0. The fourth-order valence-corrected chi connectivity index (χ4v) is 4.85. The molecule has 0 aromatic rings. The monoisotopic (exact) mass is 460 g/mol. The predicted molar refractivity (Wildman–Crippen MR) is 128 cm³/mol. The molecular formula is C26H52O6. The van der Waals surface area contributed by atoms with E-state index >= 15 is 0 Å². The third kappa shape index (κ3) is 9.94. The molecule has 0 aromatic heterocycles. The van der Waals surface area contributed by atoms with Crippen LogP contribution < -0.4 is 0 Å². The molecule has 4 unspecified atom stereocenters. The number of hydrogen-bond donors (Lipinski definition) is 4. The quantitative estimate of drug-likeness (QED) is 0.395. The van der Waals surface area contributed by atoms with Crippen molar-refractivity contribution in [2.75, 3.05) is 0 Å². The zero-order chi connectivity index (χ0) is 24.7. The molecule has 2 saturated carbocycles. The van der Waals surface area contributed by atoms with E-state index in [2.05, 4.69) is 27.7 Å². The molecular weight excluding hydrogens is 408 g/mol. The Bertz CT molecular complexity index is 456. The summed E-state index contributed by atoms with van der Waals surface area (Å²) in [7, 11) is 0. The molecule has 2 aliphatic carbocycles. The third-order valence-corrected chi connectivity index (χ3v) is 7.70. The van der Waals surface area contributed by atoms with E-state index in [1.807, 2.05) is 13.8 Å². The van der Waals surface area contributed by atoms with Crippen LogP contribution in [0.4, 0.5) is 0 Å². The molecule has 2 aliphatic rings. The van der Waals surface area contributed by atoms with Crippen molar-refractivity contribution in [3.8, 4) is 0 Å². The SMILES string of the molecule is CC(C)C1CCC(C)(OC(O)C(C)O)CC1.CC(C)C1CCC(C)(OC(O)C(C)O)CC1. The minimum Gasteiger partial charge on any atom is -0.388 e. The summed E-state index contributed by atoms with van der Waals surface area (Å²) < 4.78 is 11.1. The molecule has 32 heavy (non-hydrogen) atoms. The van der Waals surface area contributed by atoms with Gasteiger partial charge in [-0.25, -0.2) is 0 Å². The molecule has 0 radical (unpaired) electrons. The summed E-state index contributed by atoms with van der Waals surface area (Å²) in [4.78, 5) is 0. The van der Waals surface area contributed by atoms with Gasteiger partial charge in [-0.05, 0) is 103 Å². The van der Waals surface area contributed by atoms with Gasteiger partial charge in [0.15, 0.2) is 12.6 Å². The molecule has 2 fully saturated rings. The lowest BCUT2D eigenvalue weighted by Crippen LogP contribution is -2.41. The maximum absolute atomic E-state index is 9.55. The fourth-order valence-electron chi connectivity index (χ4n) is 4.85. The van der Waals surface area contributed by atoms with Gasteiger partial charge in [-0.1, -0.05) is 27.7 Å². The molecule has 0 bridgehead atoms. The number of hydrogen-bond acceptors (Lipinski definition) is 6. The number of aliphatic hydroxyl groups is 4. The Morgan fingerprint density at radius 1 is 0.562 bits per heavy atom. The van der Waals surface area contributed by atoms with Gasteiger partial charge in [0, 0.05) is 0 Å². The van der Waals surface area contributed by atoms with Crippen molar-refractivity contribution in [1.82, 2.24) is 0 Å². The summed E-state index contributed by atoms with van der Waals surface area (Å²) in [6.45, 7) is 16.2. The third-order valence-electron chi connectivity index (χ3n) is 7.70. The van der Waals surface area contributed by atoms with Crippen LogP contribution in [0.3, 0.4) is 0 Å². The zero-order valence-corrected chi connectivity index (χ0v) is 21.9. The minimum absolute atomic E-state index is 0.262. The summed E-state index contributed by atoms with van der Waals surface area (Å²) in [6.07, 6.45) is 4.75. The van der Waals surface area contributed by atoms with E-state index in [4.69, 9.17) is 9.47 Å². The van der Waals surface area contributed by atoms with Gasteiger partial charge in [-0.3, -0.25) is 0 Å². The molecule has 4 atom stereocenters. The molecule has 0 heterocycles. The Kier molecular flexibility index (Phi) is 12.1. The summed E-state index contributed by atoms with van der Waals surface area (Å²) >= 11 is 0. The Labute approximate surface area is 196 Å². The first-order chi connectivity index (χ1) is 14.7. The minimum atomic E-state index is -1.06. The van der Waals surface area contributed by atoms with Crippen LogP contribution in [-0.4, -0.2) is 56.4 Å². The Hall–Kier alpha value is -0.240. The van der Waals surface area contributed by atoms with Crippen LogP contribution in [0.2, 0.25) is 0 Å². The van der Waals surface area contributed by atoms with Crippen LogP contribution in [0.25, 0.3) is 0 Å². The van der Waals surface area contributed by atoms with Crippen LogP contribution in [0.15, 0.2) is 0 Å². The highest BCUT2D eigenvalue weighted by atomic mass is 16.6. The van der Waals surface area contributed by atoms with Crippen LogP contribution in [0.1, 0.15) is 107 Å². The van der Waals surface area contributed by atoms with Crippen LogP contribution in [0.5, 0.6) is 0 Å². The fraction of sp³-hybridized carbons (Fsp3) is 1.00. The molecule has 192 valence electrons. The largest absolute Gasteiger partial charge is 0.388 e. The molecule has 2 rings (SSSR count). The van der Waals surface area contributed by atoms with Crippen LogP contribution in [0, 0.1) is 23.7 Å². The van der Waals surface area contributed by atoms with Gasteiger partial charge in [0.25, 0.3) is 0 Å². The molecule has 0 saturated heterocycles. The van der Waals surface area contributed by atoms with E-state index < -0.39 is 24.8 Å². The van der Waals surface area contributed by atoms with Crippen molar-refractivity contribution in [2.45, 2.75) is 143 Å². The summed E-state index contributed by atoms with van der Waals surface area (Å²) in [5, 5.41) is 37.6. The zero-order valence-electron chi connectivity index (χ0n) is 21.9. The topological polar surface area (TPSA) is 99.4 Å². The number of rotatable bonds is 8. The van der Waals surface area contributed by atoms with Gasteiger partial charge < -0.3 is 29.9 Å². The van der Waals surface area contributed by atoms with Gasteiger partial charge in [0.2, 0.25) is 0 Å². The van der Waals surface area contributed by atoms with Crippen LogP contribution >= 0.6 is 0 Å². The lowest BCUT2D eigenvalue weighted by molar-refractivity contribution is -0.227. The molecule has 0 amide bonds. The van der Waals surface area contributed by atoms with Gasteiger partial charge in [-0.2, -0.15) is 0 Å². The predicted octanol–water partition coefficient (Wildman–Crippen LogP) is 4.61. The van der Waals surface area contributed by atoms with Crippen molar-refractivity contribution in [1.29, 1.82) is 0 Å². The number of ether oxygens (including phenoxy) is 2. The van der Waals surface area contributed by atoms with Gasteiger partial charge >= 0.3 is 0 Å². The summed E-state index contributed by atoms with van der Waals surface area (Å²) in [6, 6.07) is 0. The second-order valence-corrected chi connectivity index (χ2v) is 11.6. The first kappa shape index (κ1) is 29.8.